The van der Waals surface area contributed by atoms with Crippen molar-refractivity contribution in [1.29, 1.82) is 5.41 Å². The molecule has 2 aromatic rings. The van der Waals surface area contributed by atoms with E-state index < -0.39 is 0 Å². The molecule has 80 valence electrons. The van der Waals surface area contributed by atoms with Crippen molar-refractivity contribution in [3.05, 3.63) is 54.1 Å². The van der Waals surface area contributed by atoms with E-state index in [2.05, 4.69) is 10.3 Å². The maximum Gasteiger partial charge on any atom is 0.123 e. The highest BCUT2D eigenvalue weighted by Crippen LogP contribution is 2.18. The maximum absolute atomic E-state index is 12.7. The highest BCUT2D eigenvalue weighted by atomic mass is 19.1. The summed E-state index contributed by atoms with van der Waals surface area (Å²) in [6.07, 6.45) is 4.45. The van der Waals surface area contributed by atoms with Crippen molar-refractivity contribution >= 4 is 17.6 Å². The van der Waals surface area contributed by atoms with Gasteiger partial charge >= 0.3 is 0 Å². The number of nitrogens with zero attached hydrogens (tertiary/aromatic N) is 1. The molecule has 0 amide bonds. The molecule has 3 nitrogen and oxygen atoms in total. The van der Waals surface area contributed by atoms with Gasteiger partial charge in [-0.05, 0) is 30.3 Å². The highest BCUT2D eigenvalue weighted by molar-refractivity contribution is 5.86. The maximum atomic E-state index is 12.7. The zero-order chi connectivity index (χ0) is 11.4. The van der Waals surface area contributed by atoms with Crippen LogP contribution < -0.4 is 5.32 Å². The van der Waals surface area contributed by atoms with Gasteiger partial charge in [0, 0.05) is 29.9 Å². The van der Waals surface area contributed by atoms with E-state index in [1.165, 1.54) is 18.3 Å². The Kier molecular flexibility index (Phi) is 2.91. The molecular weight excluding hydrogens is 205 g/mol. The third kappa shape index (κ3) is 2.23. The Morgan fingerprint density at radius 1 is 1.19 bits per heavy atom. The number of benzene rings is 1. The molecule has 0 aliphatic rings. The molecule has 0 saturated heterocycles. The van der Waals surface area contributed by atoms with Crippen LogP contribution in [0.15, 0.2) is 42.7 Å². The lowest BCUT2D eigenvalue weighted by molar-refractivity contribution is 0.628. The average molecular weight is 215 g/mol. The Hall–Kier alpha value is -2.23. The van der Waals surface area contributed by atoms with Gasteiger partial charge in [0.2, 0.25) is 0 Å². The van der Waals surface area contributed by atoms with E-state index in [9.17, 15) is 4.39 Å². The molecule has 2 N–H and O–H groups in total. The van der Waals surface area contributed by atoms with Crippen LogP contribution in [0.2, 0.25) is 0 Å². The Morgan fingerprint density at radius 2 is 1.94 bits per heavy atom. The first-order chi connectivity index (χ1) is 7.79. The Balaban J connectivity index is 2.26. The van der Waals surface area contributed by atoms with Gasteiger partial charge in [-0.1, -0.05) is 0 Å². The van der Waals surface area contributed by atoms with E-state index in [1.54, 1.807) is 30.6 Å². The molecule has 0 saturated carbocycles. The predicted molar refractivity (Wildman–Crippen MR) is 61.8 cm³/mol. The molecule has 0 fully saturated rings. The summed E-state index contributed by atoms with van der Waals surface area (Å²) in [5.41, 5.74) is 2.24. The van der Waals surface area contributed by atoms with Gasteiger partial charge in [-0.15, -0.1) is 0 Å². The van der Waals surface area contributed by atoms with E-state index in [0.717, 1.165) is 11.4 Å². The van der Waals surface area contributed by atoms with Crippen LogP contribution in [0.5, 0.6) is 0 Å². The van der Waals surface area contributed by atoms with Crippen molar-refractivity contribution in [1.82, 2.24) is 4.98 Å². The molecule has 4 heteroatoms. The van der Waals surface area contributed by atoms with Gasteiger partial charge in [0.1, 0.15) is 5.82 Å². The van der Waals surface area contributed by atoms with E-state index in [0.29, 0.717) is 5.56 Å². The molecule has 0 atom stereocenters. The zero-order valence-electron chi connectivity index (χ0n) is 8.44. The summed E-state index contributed by atoms with van der Waals surface area (Å²) >= 11 is 0. The summed E-state index contributed by atoms with van der Waals surface area (Å²) in [5.74, 6) is -0.271. The van der Waals surface area contributed by atoms with E-state index in [4.69, 9.17) is 5.41 Å². The van der Waals surface area contributed by atoms with Gasteiger partial charge in [0.25, 0.3) is 0 Å². The van der Waals surface area contributed by atoms with Gasteiger partial charge in [-0.3, -0.25) is 4.98 Å². The zero-order valence-corrected chi connectivity index (χ0v) is 8.44. The number of anilines is 2. The summed E-state index contributed by atoms with van der Waals surface area (Å²) in [6.45, 7) is 0. The third-order valence-corrected chi connectivity index (χ3v) is 2.13. The van der Waals surface area contributed by atoms with Gasteiger partial charge in [-0.2, -0.15) is 0 Å². The van der Waals surface area contributed by atoms with Gasteiger partial charge in [0.05, 0.1) is 5.69 Å². The number of halogens is 1. The number of hydrogen-bond acceptors (Lipinski definition) is 3. The summed E-state index contributed by atoms with van der Waals surface area (Å²) < 4.78 is 12.7. The van der Waals surface area contributed by atoms with Crippen molar-refractivity contribution in [2.75, 3.05) is 5.32 Å². The number of aromatic nitrogens is 1. The minimum atomic E-state index is -0.271. The van der Waals surface area contributed by atoms with Crippen LogP contribution in [0.4, 0.5) is 15.8 Å². The fraction of sp³-hybridized carbons (Fsp3) is 0. The molecule has 0 aliphatic carbocycles. The molecule has 1 heterocycles. The second-order valence-electron chi connectivity index (χ2n) is 3.24. The third-order valence-electron chi connectivity index (χ3n) is 2.13. The van der Waals surface area contributed by atoms with Crippen LogP contribution in [0.1, 0.15) is 5.56 Å². The molecule has 0 spiro atoms. The topological polar surface area (TPSA) is 48.8 Å². The molecule has 0 unspecified atom stereocenters. The summed E-state index contributed by atoms with van der Waals surface area (Å²) in [6, 6.07) is 7.82. The van der Waals surface area contributed by atoms with E-state index in [-0.39, 0.29) is 5.82 Å². The SMILES string of the molecule is N=Cc1cnccc1Nc1ccc(F)cc1. The predicted octanol–water partition coefficient (Wildman–Crippen LogP) is 2.96. The summed E-state index contributed by atoms with van der Waals surface area (Å²) in [7, 11) is 0. The Bertz CT molecular complexity index is 494. The van der Waals surface area contributed by atoms with Crippen LogP contribution >= 0.6 is 0 Å². The number of pyridine rings is 1. The van der Waals surface area contributed by atoms with Crippen molar-refractivity contribution in [2.24, 2.45) is 0 Å². The largest absolute Gasteiger partial charge is 0.355 e. The van der Waals surface area contributed by atoms with Crippen LogP contribution in [0, 0.1) is 11.2 Å². The molecule has 1 aromatic carbocycles. The molecule has 0 aliphatic heterocycles. The van der Waals surface area contributed by atoms with E-state index >= 15 is 0 Å². The Morgan fingerprint density at radius 3 is 2.62 bits per heavy atom. The standard InChI is InChI=1S/C12H10FN3/c13-10-1-3-11(4-2-10)16-12-5-6-15-8-9(12)7-14/h1-8,14H,(H,15,16). The number of rotatable bonds is 3. The van der Waals surface area contributed by atoms with Crippen LogP contribution in [-0.2, 0) is 0 Å². The molecular formula is C12H10FN3. The summed E-state index contributed by atoms with van der Waals surface area (Å²) in [4.78, 5) is 3.92. The fourth-order valence-electron chi connectivity index (χ4n) is 1.32. The van der Waals surface area contributed by atoms with Crippen LogP contribution in [0.25, 0.3) is 0 Å². The van der Waals surface area contributed by atoms with Crippen molar-refractivity contribution < 1.29 is 4.39 Å². The minimum absolute atomic E-state index is 0.271. The lowest BCUT2D eigenvalue weighted by Gasteiger charge is -2.08. The molecule has 16 heavy (non-hydrogen) atoms. The van der Waals surface area contributed by atoms with Gasteiger partial charge in [-0.25, -0.2) is 4.39 Å². The number of hydrogen-bond donors (Lipinski definition) is 2. The molecule has 0 radical (unpaired) electrons. The molecule has 1 aromatic heterocycles. The smallest absolute Gasteiger partial charge is 0.123 e. The fourth-order valence-corrected chi connectivity index (χ4v) is 1.32. The average Bonchev–Trinajstić information content (AvgIpc) is 2.33. The van der Waals surface area contributed by atoms with E-state index in [1.807, 2.05) is 0 Å². The van der Waals surface area contributed by atoms with Gasteiger partial charge in [0.15, 0.2) is 0 Å². The van der Waals surface area contributed by atoms with Crippen molar-refractivity contribution in [3.63, 3.8) is 0 Å². The monoisotopic (exact) mass is 215 g/mol. The van der Waals surface area contributed by atoms with Crippen molar-refractivity contribution in [3.8, 4) is 0 Å². The quantitative estimate of drug-likeness (QED) is 0.773. The normalized spacial score (nSPS) is 9.81. The van der Waals surface area contributed by atoms with Crippen LogP contribution in [-0.4, -0.2) is 11.2 Å². The summed E-state index contributed by atoms with van der Waals surface area (Å²) in [5, 5.41) is 10.3. The van der Waals surface area contributed by atoms with Gasteiger partial charge < -0.3 is 10.7 Å². The first-order valence-corrected chi connectivity index (χ1v) is 4.76. The van der Waals surface area contributed by atoms with Crippen LogP contribution in [0.3, 0.4) is 0 Å². The molecule has 2 rings (SSSR count). The Labute approximate surface area is 92.5 Å². The molecule has 0 bridgehead atoms. The minimum Gasteiger partial charge on any atom is -0.355 e. The first kappa shape index (κ1) is 10.3. The second-order valence-corrected chi connectivity index (χ2v) is 3.24. The number of nitrogens with one attached hydrogen (secondary N) is 2. The lowest BCUT2D eigenvalue weighted by atomic mass is 10.2. The second kappa shape index (κ2) is 4.53. The van der Waals surface area contributed by atoms with Crippen molar-refractivity contribution in [2.45, 2.75) is 0 Å². The highest BCUT2D eigenvalue weighted by Gasteiger charge is 2.00. The lowest BCUT2D eigenvalue weighted by Crippen LogP contribution is -1.95. The first-order valence-electron chi connectivity index (χ1n) is 4.76.